The number of carbonyl (C=O) groups is 1. The van der Waals surface area contributed by atoms with E-state index in [1.165, 1.54) is 11.1 Å². The maximum atomic E-state index is 13.8. The van der Waals surface area contributed by atoms with Gasteiger partial charge in [-0.1, -0.05) is 71.4 Å². The molecule has 1 aliphatic rings. The Labute approximate surface area is 232 Å². The predicted molar refractivity (Wildman–Crippen MR) is 158 cm³/mol. The normalized spacial score (nSPS) is 14.7. The zero-order valence-electron chi connectivity index (χ0n) is 22.2. The summed E-state index contributed by atoms with van der Waals surface area (Å²) in [6.07, 6.45) is 2.06. The monoisotopic (exact) mass is 541 g/mol. The lowest BCUT2D eigenvalue weighted by molar-refractivity contribution is -0.113. The zero-order valence-corrected chi connectivity index (χ0v) is 23.8. The van der Waals surface area contributed by atoms with Crippen LogP contribution in [0.1, 0.15) is 40.8 Å². The number of hydrogen-bond donors (Lipinski definition) is 2. The van der Waals surface area contributed by atoms with Crippen LogP contribution < -0.4 is 10.6 Å². The van der Waals surface area contributed by atoms with Gasteiger partial charge in [-0.2, -0.15) is 4.98 Å². The molecule has 0 aliphatic carbocycles. The highest BCUT2D eigenvalue weighted by Gasteiger charge is 2.34. The minimum atomic E-state index is -0.409. The molecule has 0 fully saturated rings. The molecular weight excluding hydrogens is 510 g/mol. The molecule has 0 spiro atoms. The number of hydrogen-bond acceptors (Lipinski definition) is 6. The van der Waals surface area contributed by atoms with Crippen molar-refractivity contribution in [2.45, 2.75) is 49.5 Å². The van der Waals surface area contributed by atoms with Crippen LogP contribution in [0.3, 0.4) is 0 Å². The maximum absolute atomic E-state index is 13.8. The minimum Gasteiger partial charge on any atom is -0.328 e. The van der Waals surface area contributed by atoms with Gasteiger partial charge in [0, 0.05) is 22.0 Å². The lowest BCUT2D eigenvalue weighted by atomic mass is 9.95. The Morgan fingerprint density at radius 2 is 1.76 bits per heavy atom. The SMILES string of the molecule is CSc1ccc(C2C(C(=O)Nc3ccc(C)cc3C)=C(C)Nc3nc(SCc4cccc(C)c4)nn32)cc1. The number of allylic oxidation sites excluding steroid dienone is 1. The fraction of sp³-hybridized carbons (Fsp3) is 0.233. The molecule has 194 valence electrons. The first-order valence-corrected chi connectivity index (χ1v) is 14.7. The summed E-state index contributed by atoms with van der Waals surface area (Å²) < 4.78 is 1.84. The van der Waals surface area contributed by atoms with Crippen molar-refractivity contribution in [2.75, 3.05) is 16.9 Å². The Morgan fingerprint density at radius 3 is 2.47 bits per heavy atom. The molecule has 1 atom stereocenters. The van der Waals surface area contributed by atoms with Gasteiger partial charge in [-0.3, -0.25) is 4.79 Å². The molecule has 3 aromatic carbocycles. The molecule has 6 nitrogen and oxygen atoms in total. The number of nitrogens with zero attached hydrogens (tertiary/aromatic N) is 3. The van der Waals surface area contributed by atoms with Crippen molar-refractivity contribution in [3.05, 3.63) is 106 Å². The molecule has 0 bridgehead atoms. The third-order valence-electron chi connectivity index (χ3n) is 6.59. The van der Waals surface area contributed by atoms with Crippen molar-refractivity contribution in [1.29, 1.82) is 0 Å². The summed E-state index contributed by atoms with van der Waals surface area (Å²) in [5.74, 6) is 1.25. The molecule has 2 N–H and O–H groups in total. The molecule has 0 saturated carbocycles. The van der Waals surface area contributed by atoms with Crippen molar-refractivity contribution >= 4 is 41.1 Å². The standard InChI is InChI=1S/C30H31N5OS2/c1-18-7-6-8-22(16-18)17-38-30-33-29-31-21(4)26(28(36)32-25-14-9-19(2)15-20(25)3)27(35(29)34-30)23-10-12-24(37-5)13-11-23/h6-16,27H,17H2,1-5H3,(H,32,36)(H,31,33,34). The minimum absolute atomic E-state index is 0.156. The number of fused-ring (bicyclic) bond motifs is 1. The van der Waals surface area contributed by atoms with Crippen LogP contribution in [0.4, 0.5) is 11.6 Å². The zero-order chi connectivity index (χ0) is 26.8. The largest absolute Gasteiger partial charge is 0.328 e. The molecule has 4 aromatic rings. The average Bonchev–Trinajstić information content (AvgIpc) is 3.30. The molecule has 0 radical (unpaired) electrons. The first-order chi connectivity index (χ1) is 18.3. The van der Waals surface area contributed by atoms with Crippen LogP contribution in [-0.2, 0) is 10.5 Å². The predicted octanol–water partition coefficient (Wildman–Crippen LogP) is 7.15. The van der Waals surface area contributed by atoms with Gasteiger partial charge in [-0.15, -0.1) is 16.9 Å². The molecule has 1 aliphatic heterocycles. The number of thioether (sulfide) groups is 2. The average molecular weight is 542 g/mol. The number of amides is 1. The lowest BCUT2D eigenvalue weighted by Crippen LogP contribution is -2.31. The number of carbonyl (C=O) groups excluding carboxylic acids is 1. The summed E-state index contributed by atoms with van der Waals surface area (Å²) >= 11 is 3.28. The number of anilines is 2. The lowest BCUT2D eigenvalue weighted by Gasteiger charge is -2.29. The van der Waals surface area contributed by atoms with Gasteiger partial charge in [-0.05, 0) is 68.8 Å². The molecule has 1 aromatic heterocycles. The molecule has 5 rings (SSSR count). The second-order valence-electron chi connectivity index (χ2n) is 9.55. The van der Waals surface area contributed by atoms with E-state index in [1.807, 2.05) is 37.6 Å². The Morgan fingerprint density at radius 1 is 1.00 bits per heavy atom. The van der Waals surface area contributed by atoms with E-state index in [1.54, 1.807) is 23.5 Å². The van der Waals surface area contributed by atoms with Crippen LogP contribution in [0.15, 0.2) is 88.1 Å². The summed E-state index contributed by atoms with van der Waals surface area (Å²) in [7, 11) is 0. The van der Waals surface area contributed by atoms with E-state index in [0.717, 1.165) is 38.7 Å². The second kappa shape index (κ2) is 11.1. The topological polar surface area (TPSA) is 71.8 Å². The van der Waals surface area contributed by atoms with E-state index in [-0.39, 0.29) is 5.91 Å². The Balaban J connectivity index is 1.49. The second-order valence-corrected chi connectivity index (χ2v) is 11.4. The van der Waals surface area contributed by atoms with Gasteiger partial charge in [0.2, 0.25) is 11.1 Å². The van der Waals surface area contributed by atoms with Gasteiger partial charge in [0.15, 0.2) is 0 Å². The summed E-state index contributed by atoms with van der Waals surface area (Å²) in [5, 5.41) is 12.0. The van der Waals surface area contributed by atoms with Gasteiger partial charge in [0.25, 0.3) is 5.91 Å². The van der Waals surface area contributed by atoms with Crippen molar-refractivity contribution < 1.29 is 4.79 Å². The van der Waals surface area contributed by atoms with Crippen molar-refractivity contribution in [3.63, 3.8) is 0 Å². The number of nitrogens with one attached hydrogen (secondary N) is 2. The summed E-state index contributed by atoms with van der Waals surface area (Å²) in [6, 6.07) is 22.4. The fourth-order valence-corrected chi connectivity index (χ4v) is 5.85. The van der Waals surface area contributed by atoms with Gasteiger partial charge in [0.05, 0.1) is 5.57 Å². The first-order valence-electron chi connectivity index (χ1n) is 12.5. The number of aromatic nitrogens is 3. The number of rotatable bonds is 7. The van der Waals surface area contributed by atoms with Crippen LogP contribution >= 0.6 is 23.5 Å². The molecule has 0 saturated heterocycles. The Kier molecular flexibility index (Phi) is 7.63. The molecule has 8 heteroatoms. The Hall–Kier alpha value is -3.49. The van der Waals surface area contributed by atoms with Gasteiger partial charge < -0.3 is 10.6 Å². The smallest absolute Gasteiger partial charge is 0.255 e. The van der Waals surface area contributed by atoms with Gasteiger partial charge >= 0.3 is 0 Å². The van der Waals surface area contributed by atoms with Crippen LogP contribution in [-0.4, -0.2) is 26.9 Å². The van der Waals surface area contributed by atoms with Crippen LogP contribution in [0.5, 0.6) is 0 Å². The molecular formula is C30H31N5OS2. The third-order valence-corrected chi connectivity index (χ3v) is 8.24. The quantitative estimate of drug-likeness (QED) is 0.242. The van der Waals surface area contributed by atoms with E-state index < -0.39 is 6.04 Å². The van der Waals surface area contributed by atoms with E-state index in [2.05, 4.69) is 78.4 Å². The van der Waals surface area contributed by atoms with Crippen molar-refractivity contribution in [3.8, 4) is 0 Å². The van der Waals surface area contributed by atoms with E-state index in [0.29, 0.717) is 16.7 Å². The summed E-state index contributed by atoms with van der Waals surface area (Å²) in [4.78, 5) is 19.7. The maximum Gasteiger partial charge on any atom is 0.255 e. The van der Waals surface area contributed by atoms with Gasteiger partial charge in [0.1, 0.15) is 6.04 Å². The highest BCUT2D eigenvalue weighted by Crippen LogP contribution is 2.37. The highest BCUT2D eigenvalue weighted by atomic mass is 32.2. The van der Waals surface area contributed by atoms with E-state index in [9.17, 15) is 4.79 Å². The van der Waals surface area contributed by atoms with Crippen molar-refractivity contribution in [2.24, 2.45) is 0 Å². The van der Waals surface area contributed by atoms with Crippen LogP contribution in [0.2, 0.25) is 0 Å². The Bertz CT molecular complexity index is 1520. The number of aryl methyl sites for hydroxylation is 3. The van der Waals surface area contributed by atoms with Crippen LogP contribution in [0, 0.1) is 20.8 Å². The molecule has 1 unspecified atom stereocenters. The summed E-state index contributed by atoms with van der Waals surface area (Å²) in [6.45, 7) is 8.08. The third kappa shape index (κ3) is 5.51. The van der Waals surface area contributed by atoms with E-state index in [4.69, 9.17) is 10.1 Å². The summed E-state index contributed by atoms with van der Waals surface area (Å²) in [5.41, 5.74) is 7.81. The van der Waals surface area contributed by atoms with Crippen LogP contribution in [0.25, 0.3) is 0 Å². The molecule has 1 amide bonds. The first kappa shape index (κ1) is 26.1. The van der Waals surface area contributed by atoms with E-state index >= 15 is 0 Å². The van der Waals surface area contributed by atoms with Crippen molar-refractivity contribution in [1.82, 2.24) is 14.8 Å². The van der Waals surface area contributed by atoms with Gasteiger partial charge in [-0.25, -0.2) is 4.68 Å². The fourth-order valence-electron chi connectivity index (χ4n) is 4.67. The highest BCUT2D eigenvalue weighted by molar-refractivity contribution is 7.98. The number of benzene rings is 3. The molecule has 2 heterocycles. The molecule has 38 heavy (non-hydrogen) atoms.